The number of carbonyl (C=O) groups is 1. The first-order chi connectivity index (χ1) is 14.7. The smallest absolute Gasteiger partial charge is 0.230 e. The van der Waals surface area contributed by atoms with Crippen LogP contribution in [0.15, 0.2) is 71.1 Å². The molecule has 1 amide bonds. The first-order valence-electron chi connectivity index (χ1n) is 9.51. The van der Waals surface area contributed by atoms with E-state index in [4.69, 9.17) is 9.72 Å². The Balaban J connectivity index is 1.51. The van der Waals surface area contributed by atoms with Crippen molar-refractivity contribution < 1.29 is 9.53 Å². The van der Waals surface area contributed by atoms with E-state index in [1.165, 1.54) is 11.8 Å². The molecule has 2 aromatic heterocycles. The van der Waals surface area contributed by atoms with Crippen molar-refractivity contribution in [2.75, 3.05) is 12.9 Å². The third kappa shape index (κ3) is 4.47. The molecule has 0 aliphatic carbocycles. The summed E-state index contributed by atoms with van der Waals surface area (Å²) in [6.07, 6.45) is 0. The van der Waals surface area contributed by atoms with Crippen LogP contribution in [0.5, 0.6) is 5.75 Å². The van der Waals surface area contributed by atoms with Gasteiger partial charge in [0, 0.05) is 10.9 Å². The molecule has 0 saturated heterocycles. The minimum Gasteiger partial charge on any atom is -0.496 e. The van der Waals surface area contributed by atoms with Crippen LogP contribution in [0, 0.1) is 0 Å². The molecule has 1 N–H and O–H groups in total. The predicted octanol–water partition coefficient (Wildman–Crippen LogP) is 5.34. The molecular weight excluding hydrogens is 414 g/mol. The molecule has 2 aromatic carbocycles. The van der Waals surface area contributed by atoms with Gasteiger partial charge in [-0.2, -0.15) is 0 Å². The van der Waals surface area contributed by atoms with Gasteiger partial charge in [0.15, 0.2) is 5.82 Å². The second-order valence-electron chi connectivity index (χ2n) is 6.67. The van der Waals surface area contributed by atoms with Gasteiger partial charge in [0.2, 0.25) is 5.91 Å². The number of rotatable bonds is 7. The molecule has 5 nitrogen and oxygen atoms in total. The second-order valence-corrected chi connectivity index (χ2v) is 8.58. The van der Waals surface area contributed by atoms with Crippen LogP contribution in [-0.4, -0.2) is 28.7 Å². The molecule has 0 aliphatic heterocycles. The monoisotopic (exact) mass is 435 g/mol. The molecule has 7 heteroatoms. The molecule has 2 heterocycles. The van der Waals surface area contributed by atoms with Crippen LogP contribution in [0.2, 0.25) is 0 Å². The number of benzene rings is 2. The lowest BCUT2D eigenvalue weighted by Crippen LogP contribution is -2.28. The first-order valence-corrected chi connectivity index (χ1v) is 11.4. The van der Waals surface area contributed by atoms with Gasteiger partial charge in [-0.1, -0.05) is 54.2 Å². The highest BCUT2D eigenvalue weighted by Crippen LogP contribution is 2.30. The summed E-state index contributed by atoms with van der Waals surface area (Å²) in [6.45, 7) is 1.95. The van der Waals surface area contributed by atoms with Gasteiger partial charge >= 0.3 is 0 Å². The van der Waals surface area contributed by atoms with Crippen LogP contribution in [-0.2, 0) is 4.79 Å². The highest BCUT2D eigenvalue weighted by Gasteiger charge is 2.16. The zero-order chi connectivity index (χ0) is 20.9. The van der Waals surface area contributed by atoms with E-state index < -0.39 is 0 Å². The van der Waals surface area contributed by atoms with Crippen LogP contribution in [0.25, 0.3) is 21.6 Å². The fraction of sp³-hybridized carbons (Fsp3) is 0.174. The van der Waals surface area contributed by atoms with Gasteiger partial charge in [0.05, 0.1) is 29.3 Å². The Bertz CT molecular complexity index is 1160. The zero-order valence-corrected chi connectivity index (χ0v) is 18.3. The average Bonchev–Trinajstić information content (AvgIpc) is 3.32. The molecule has 0 saturated carbocycles. The lowest BCUT2D eigenvalue weighted by Gasteiger charge is -2.17. The fourth-order valence-corrected chi connectivity index (χ4v) is 4.68. The van der Waals surface area contributed by atoms with Gasteiger partial charge in [-0.25, -0.2) is 9.97 Å². The number of nitrogens with one attached hydrogen (secondary N) is 1. The van der Waals surface area contributed by atoms with Crippen LogP contribution in [0.3, 0.4) is 0 Å². The molecule has 0 fully saturated rings. The summed E-state index contributed by atoms with van der Waals surface area (Å²) in [5.41, 5.74) is 1.83. The summed E-state index contributed by atoms with van der Waals surface area (Å²) in [7, 11) is 1.63. The van der Waals surface area contributed by atoms with Crippen LogP contribution >= 0.6 is 23.1 Å². The van der Waals surface area contributed by atoms with E-state index >= 15 is 0 Å². The Morgan fingerprint density at radius 3 is 2.70 bits per heavy atom. The number of ether oxygens (including phenoxy) is 1. The van der Waals surface area contributed by atoms with Crippen LogP contribution in [0.4, 0.5) is 0 Å². The maximum absolute atomic E-state index is 12.6. The molecular formula is C23H21N3O2S2. The number of carbonyl (C=O) groups excluding carboxylic acids is 1. The molecule has 30 heavy (non-hydrogen) atoms. The van der Waals surface area contributed by atoms with Gasteiger partial charge < -0.3 is 10.1 Å². The summed E-state index contributed by atoms with van der Waals surface area (Å²) >= 11 is 3.03. The standard InChI is InChI=1S/C23H21N3O2S2/c1-15(16-8-4-6-11-19(16)28-2)24-21(27)14-30-23-17-9-3-5-10-18(17)25-22(26-23)20-12-7-13-29-20/h3-13,15H,14H2,1-2H3,(H,24,27)/t15-/m1/s1. The molecule has 4 aromatic rings. The van der Waals surface area contributed by atoms with Gasteiger partial charge in [-0.05, 0) is 30.5 Å². The van der Waals surface area contributed by atoms with Crippen molar-refractivity contribution in [3.63, 3.8) is 0 Å². The number of aromatic nitrogens is 2. The largest absolute Gasteiger partial charge is 0.496 e. The van der Waals surface area contributed by atoms with Crippen LogP contribution in [0.1, 0.15) is 18.5 Å². The van der Waals surface area contributed by atoms with Crippen LogP contribution < -0.4 is 10.1 Å². The van der Waals surface area contributed by atoms with E-state index in [-0.39, 0.29) is 17.7 Å². The summed E-state index contributed by atoms with van der Waals surface area (Å²) in [5, 5.41) is 6.82. The van der Waals surface area contributed by atoms with Crippen molar-refractivity contribution in [1.29, 1.82) is 0 Å². The highest BCUT2D eigenvalue weighted by molar-refractivity contribution is 8.00. The van der Waals surface area contributed by atoms with E-state index in [9.17, 15) is 4.79 Å². The summed E-state index contributed by atoms with van der Waals surface area (Å²) < 4.78 is 5.40. The second kappa shape index (κ2) is 9.28. The third-order valence-corrected chi connectivity index (χ3v) is 6.49. The molecule has 0 radical (unpaired) electrons. The quantitative estimate of drug-likeness (QED) is 0.314. The van der Waals surface area contributed by atoms with E-state index in [1.807, 2.05) is 73.0 Å². The molecule has 4 rings (SSSR count). The average molecular weight is 436 g/mol. The number of amides is 1. The molecule has 1 atom stereocenters. The van der Waals surface area contributed by atoms with E-state index in [1.54, 1.807) is 18.4 Å². The number of para-hydroxylation sites is 2. The summed E-state index contributed by atoms with van der Waals surface area (Å²) in [5.74, 6) is 1.66. The van der Waals surface area contributed by atoms with Crippen molar-refractivity contribution in [1.82, 2.24) is 15.3 Å². The molecule has 0 aliphatic rings. The Morgan fingerprint density at radius 2 is 1.90 bits per heavy atom. The van der Waals surface area contributed by atoms with Gasteiger partial charge in [-0.3, -0.25) is 4.79 Å². The number of thiophene rings is 1. The van der Waals surface area contributed by atoms with Gasteiger partial charge in [-0.15, -0.1) is 11.3 Å². The zero-order valence-electron chi connectivity index (χ0n) is 16.7. The molecule has 0 bridgehead atoms. The fourth-order valence-electron chi connectivity index (χ4n) is 3.19. The topological polar surface area (TPSA) is 64.1 Å². The SMILES string of the molecule is COc1ccccc1[C@@H](C)NC(=O)CSc1nc(-c2cccs2)nc2ccccc12. The number of thioether (sulfide) groups is 1. The normalized spacial score (nSPS) is 11.9. The van der Waals surface area contributed by atoms with Gasteiger partial charge in [0.25, 0.3) is 0 Å². The number of nitrogens with zero attached hydrogens (tertiary/aromatic N) is 2. The lowest BCUT2D eigenvalue weighted by molar-refractivity contribution is -0.119. The van der Waals surface area contributed by atoms with Gasteiger partial charge in [0.1, 0.15) is 10.8 Å². The molecule has 0 spiro atoms. The van der Waals surface area contributed by atoms with Crippen molar-refractivity contribution in [2.24, 2.45) is 0 Å². The highest BCUT2D eigenvalue weighted by atomic mass is 32.2. The Hall–Kier alpha value is -2.90. The van der Waals surface area contributed by atoms with Crippen molar-refractivity contribution in [2.45, 2.75) is 18.0 Å². The first kappa shape index (κ1) is 20.4. The minimum atomic E-state index is -0.155. The number of hydrogen-bond acceptors (Lipinski definition) is 6. The minimum absolute atomic E-state index is 0.0567. The molecule has 152 valence electrons. The Morgan fingerprint density at radius 1 is 1.10 bits per heavy atom. The molecule has 0 unspecified atom stereocenters. The Labute approximate surface area is 183 Å². The lowest BCUT2D eigenvalue weighted by atomic mass is 10.1. The van der Waals surface area contributed by atoms with E-state index in [0.717, 1.165) is 32.1 Å². The maximum atomic E-state index is 12.6. The van der Waals surface area contributed by atoms with E-state index in [0.29, 0.717) is 5.82 Å². The number of fused-ring (bicyclic) bond motifs is 1. The Kier molecular flexibility index (Phi) is 6.30. The van der Waals surface area contributed by atoms with Crippen molar-refractivity contribution in [3.8, 4) is 16.5 Å². The summed E-state index contributed by atoms with van der Waals surface area (Å²) in [6, 6.07) is 19.4. The van der Waals surface area contributed by atoms with Crippen molar-refractivity contribution >= 4 is 39.9 Å². The van der Waals surface area contributed by atoms with Crippen molar-refractivity contribution in [3.05, 3.63) is 71.6 Å². The van der Waals surface area contributed by atoms with E-state index in [2.05, 4.69) is 10.3 Å². The summed E-state index contributed by atoms with van der Waals surface area (Å²) in [4.78, 5) is 23.1. The predicted molar refractivity (Wildman–Crippen MR) is 123 cm³/mol. The maximum Gasteiger partial charge on any atom is 0.230 e. The third-order valence-electron chi connectivity index (χ3n) is 4.63. The number of hydrogen-bond donors (Lipinski definition) is 1. The number of methoxy groups -OCH3 is 1.